The average Bonchev–Trinajstić information content (AvgIpc) is 2.60. The van der Waals surface area contributed by atoms with Crippen LogP contribution in [0.1, 0.15) is 15.9 Å². The number of phenols is 1. The molecule has 0 radical (unpaired) electrons. The summed E-state index contributed by atoms with van der Waals surface area (Å²) in [5.74, 6) is -0.420. The monoisotopic (exact) mass is 323 g/mol. The highest BCUT2D eigenvalue weighted by Crippen LogP contribution is 2.27. The van der Waals surface area contributed by atoms with Crippen LogP contribution in [0.5, 0.6) is 5.75 Å². The Morgan fingerprint density at radius 1 is 1.04 bits per heavy atom. The van der Waals surface area contributed by atoms with E-state index in [1.165, 1.54) is 7.11 Å². The second-order valence-corrected chi connectivity index (χ2v) is 5.30. The van der Waals surface area contributed by atoms with Gasteiger partial charge in [0.1, 0.15) is 12.4 Å². The summed E-state index contributed by atoms with van der Waals surface area (Å²) >= 11 is 0. The highest BCUT2D eigenvalue weighted by atomic mass is 17.2. The molecule has 3 aromatic rings. The van der Waals surface area contributed by atoms with Crippen molar-refractivity contribution in [2.24, 2.45) is 0 Å². The fourth-order valence-corrected chi connectivity index (χ4v) is 2.45. The Balaban J connectivity index is 1.91. The number of rotatable bonds is 5. The Kier molecular flexibility index (Phi) is 4.74. The summed E-state index contributed by atoms with van der Waals surface area (Å²) < 4.78 is 0. The fraction of sp³-hybridized carbons (Fsp3) is 0.105. The zero-order valence-corrected chi connectivity index (χ0v) is 13.2. The third kappa shape index (κ3) is 3.53. The normalized spacial score (nSPS) is 10.7. The third-order valence-corrected chi connectivity index (χ3v) is 3.64. The number of anilines is 1. The molecule has 0 heterocycles. The van der Waals surface area contributed by atoms with Gasteiger partial charge in [0.25, 0.3) is 5.91 Å². The largest absolute Gasteiger partial charge is 0.507 e. The lowest BCUT2D eigenvalue weighted by Gasteiger charge is -2.09. The molecule has 0 bridgehead atoms. The van der Waals surface area contributed by atoms with Crippen molar-refractivity contribution in [3.05, 3.63) is 71.8 Å². The van der Waals surface area contributed by atoms with Gasteiger partial charge in [-0.3, -0.25) is 4.79 Å². The number of aromatic hydroxyl groups is 1. The van der Waals surface area contributed by atoms with E-state index in [0.29, 0.717) is 12.3 Å². The Morgan fingerprint density at radius 2 is 1.83 bits per heavy atom. The summed E-state index contributed by atoms with van der Waals surface area (Å²) in [6, 6.07) is 18.0. The van der Waals surface area contributed by atoms with Gasteiger partial charge in [0.05, 0.1) is 12.7 Å². The predicted octanol–water partition coefficient (Wildman–Crippen LogP) is 3.88. The molecule has 24 heavy (non-hydrogen) atoms. The molecule has 5 nitrogen and oxygen atoms in total. The van der Waals surface area contributed by atoms with Crippen molar-refractivity contribution in [3.63, 3.8) is 0 Å². The van der Waals surface area contributed by atoms with Crippen molar-refractivity contribution in [2.75, 3.05) is 12.4 Å². The van der Waals surface area contributed by atoms with E-state index in [0.717, 1.165) is 16.3 Å². The van der Waals surface area contributed by atoms with Crippen LogP contribution in [-0.2, 0) is 16.4 Å². The number of amides is 1. The number of para-hydroxylation sites is 1. The quantitative estimate of drug-likeness (QED) is 0.552. The van der Waals surface area contributed by atoms with Gasteiger partial charge in [-0.15, -0.1) is 0 Å². The summed E-state index contributed by atoms with van der Waals surface area (Å²) in [7, 11) is 1.45. The second kappa shape index (κ2) is 7.12. The summed E-state index contributed by atoms with van der Waals surface area (Å²) in [6.07, 6.45) is 0. The number of hydrogen-bond donors (Lipinski definition) is 2. The lowest BCUT2D eigenvalue weighted by molar-refractivity contribution is -0.282. The fourth-order valence-electron chi connectivity index (χ4n) is 2.45. The molecule has 0 aliphatic rings. The Bertz CT molecular complexity index is 862. The standard InChI is InChI=1S/C19H17NO4/c1-23-24-12-13-7-8-14-11-18(21)17(10-15(14)9-13)19(22)20-16-5-3-2-4-6-16/h2-11,21H,12H2,1H3,(H,20,22). The second-order valence-electron chi connectivity index (χ2n) is 5.30. The van der Waals surface area contributed by atoms with Crippen molar-refractivity contribution in [3.8, 4) is 5.75 Å². The summed E-state index contributed by atoms with van der Waals surface area (Å²) in [4.78, 5) is 21.9. The van der Waals surface area contributed by atoms with Crippen LogP contribution in [-0.4, -0.2) is 18.1 Å². The van der Waals surface area contributed by atoms with Gasteiger partial charge < -0.3 is 10.4 Å². The number of hydrogen-bond acceptors (Lipinski definition) is 4. The highest BCUT2D eigenvalue weighted by molar-refractivity contribution is 6.08. The molecule has 0 aliphatic carbocycles. The molecule has 0 fully saturated rings. The molecule has 2 N–H and O–H groups in total. The van der Waals surface area contributed by atoms with Crippen molar-refractivity contribution in [1.82, 2.24) is 0 Å². The molecule has 0 aromatic heterocycles. The van der Waals surface area contributed by atoms with Gasteiger partial charge in [0.15, 0.2) is 0 Å². The van der Waals surface area contributed by atoms with E-state index >= 15 is 0 Å². The zero-order valence-electron chi connectivity index (χ0n) is 13.2. The van der Waals surface area contributed by atoms with Crippen molar-refractivity contribution < 1.29 is 19.7 Å². The van der Waals surface area contributed by atoms with Crippen molar-refractivity contribution in [2.45, 2.75) is 6.61 Å². The number of fused-ring (bicyclic) bond motifs is 1. The maximum Gasteiger partial charge on any atom is 0.259 e. The minimum absolute atomic E-state index is 0.0585. The van der Waals surface area contributed by atoms with Crippen LogP contribution in [0.15, 0.2) is 60.7 Å². The lowest BCUT2D eigenvalue weighted by atomic mass is 10.0. The third-order valence-electron chi connectivity index (χ3n) is 3.64. The van der Waals surface area contributed by atoms with Gasteiger partial charge >= 0.3 is 0 Å². The van der Waals surface area contributed by atoms with E-state index in [-0.39, 0.29) is 17.2 Å². The van der Waals surface area contributed by atoms with Crippen LogP contribution >= 0.6 is 0 Å². The van der Waals surface area contributed by atoms with E-state index in [4.69, 9.17) is 4.89 Å². The first-order chi connectivity index (χ1) is 11.7. The number of carbonyl (C=O) groups excluding carboxylic acids is 1. The topological polar surface area (TPSA) is 67.8 Å². The number of phenolic OH excluding ortho intramolecular Hbond substituents is 1. The van der Waals surface area contributed by atoms with E-state index in [9.17, 15) is 9.90 Å². The maximum absolute atomic E-state index is 12.4. The molecule has 5 heteroatoms. The van der Waals surface area contributed by atoms with Crippen LogP contribution in [0.3, 0.4) is 0 Å². The number of nitrogens with one attached hydrogen (secondary N) is 1. The smallest absolute Gasteiger partial charge is 0.259 e. The average molecular weight is 323 g/mol. The highest BCUT2D eigenvalue weighted by Gasteiger charge is 2.13. The van der Waals surface area contributed by atoms with Crippen LogP contribution in [0.4, 0.5) is 5.69 Å². The van der Waals surface area contributed by atoms with Gasteiger partial charge in [0, 0.05) is 5.69 Å². The number of benzene rings is 3. The van der Waals surface area contributed by atoms with E-state index in [2.05, 4.69) is 10.2 Å². The summed E-state index contributed by atoms with van der Waals surface area (Å²) in [6.45, 7) is 0.304. The molecule has 122 valence electrons. The number of carbonyl (C=O) groups is 1. The van der Waals surface area contributed by atoms with Crippen molar-refractivity contribution >= 4 is 22.4 Å². The Labute approximate surface area is 139 Å². The first-order valence-corrected chi connectivity index (χ1v) is 7.45. The first-order valence-electron chi connectivity index (χ1n) is 7.45. The molecule has 0 atom stereocenters. The van der Waals surface area contributed by atoms with E-state index < -0.39 is 0 Å². The van der Waals surface area contributed by atoms with Crippen LogP contribution in [0.25, 0.3) is 10.8 Å². The molecule has 0 unspecified atom stereocenters. The lowest BCUT2D eigenvalue weighted by Crippen LogP contribution is -2.12. The first kappa shape index (κ1) is 16.0. The summed E-state index contributed by atoms with van der Waals surface area (Å²) in [5.41, 5.74) is 1.80. The van der Waals surface area contributed by atoms with Crippen LogP contribution < -0.4 is 5.32 Å². The zero-order chi connectivity index (χ0) is 16.9. The van der Waals surface area contributed by atoms with Gasteiger partial charge in [-0.05, 0) is 46.7 Å². The van der Waals surface area contributed by atoms with Gasteiger partial charge in [-0.1, -0.05) is 30.3 Å². The van der Waals surface area contributed by atoms with Crippen LogP contribution in [0, 0.1) is 0 Å². The molecule has 0 spiro atoms. The Morgan fingerprint density at radius 3 is 2.58 bits per heavy atom. The Hall–Kier alpha value is -2.89. The maximum atomic E-state index is 12.4. The minimum atomic E-state index is -0.362. The van der Waals surface area contributed by atoms with E-state index in [1.54, 1.807) is 24.3 Å². The molecule has 3 aromatic carbocycles. The summed E-state index contributed by atoms with van der Waals surface area (Å²) in [5, 5.41) is 14.6. The van der Waals surface area contributed by atoms with Gasteiger partial charge in [0.2, 0.25) is 0 Å². The molecular formula is C19H17NO4. The molecule has 3 rings (SSSR count). The van der Waals surface area contributed by atoms with Gasteiger partial charge in [-0.2, -0.15) is 0 Å². The molecule has 0 aliphatic heterocycles. The molecular weight excluding hydrogens is 306 g/mol. The van der Waals surface area contributed by atoms with Gasteiger partial charge in [-0.25, -0.2) is 9.78 Å². The molecule has 0 saturated carbocycles. The van der Waals surface area contributed by atoms with E-state index in [1.807, 2.05) is 36.4 Å². The predicted molar refractivity (Wildman–Crippen MR) is 91.8 cm³/mol. The molecule has 1 amide bonds. The van der Waals surface area contributed by atoms with Crippen LogP contribution in [0.2, 0.25) is 0 Å². The SMILES string of the molecule is COOCc1ccc2cc(O)c(C(=O)Nc3ccccc3)cc2c1. The minimum Gasteiger partial charge on any atom is -0.507 e. The van der Waals surface area contributed by atoms with Crippen molar-refractivity contribution in [1.29, 1.82) is 0 Å². The molecule has 0 saturated heterocycles.